The van der Waals surface area contributed by atoms with E-state index in [4.69, 9.17) is 4.74 Å². The first-order chi connectivity index (χ1) is 10.2. The molecule has 21 heavy (non-hydrogen) atoms. The highest BCUT2D eigenvalue weighted by Crippen LogP contribution is 2.31. The number of hydrogen-bond acceptors (Lipinski definition) is 4. The van der Waals surface area contributed by atoms with Gasteiger partial charge in [0.05, 0.1) is 18.1 Å². The SMILES string of the molecule is CC(=O)c1ccc(-c2ccccc2CN2CCOCC2)s1. The maximum absolute atomic E-state index is 11.5. The second kappa shape index (κ2) is 6.52. The predicted octanol–water partition coefficient (Wildman–Crippen LogP) is 3.45. The number of carbonyl (C=O) groups is 1. The van der Waals surface area contributed by atoms with E-state index in [1.54, 1.807) is 18.3 Å². The summed E-state index contributed by atoms with van der Waals surface area (Å²) in [5, 5.41) is 0. The molecular weight excluding hydrogens is 282 g/mol. The zero-order valence-electron chi connectivity index (χ0n) is 12.2. The summed E-state index contributed by atoms with van der Waals surface area (Å²) in [5.41, 5.74) is 2.55. The average molecular weight is 301 g/mol. The van der Waals surface area contributed by atoms with Crippen LogP contribution in [0.4, 0.5) is 0 Å². The van der Waals surface area contributed by atoms with Gasteiger partial charge in [0, 0.05) is 24.5 Å². The summed E-state index contributed by atoms with van der Waals surface area (Å²) >= 11 is 1.58. The summed E-state index contributed by atoms with van der Waals surface area (Å²) in [6, 6.07) is 12.4. The minimum Gasteiger partial charge on any atom is -0.379 e. The Bertz CT molecular complexity index is 629. The highest BCUT2D eigenvalue weighted by molar-refractivity contribution is 7.17. The summed E-state index contributed by atoms with van der Waals surface area (Å²) < 4.78 is 5.40. The topological polar surface area (TPSA) is 29.5 Å². The van der Waals surface area contributed by atoms with Gasteiger partial charge in [-0.1, -0.05) is 24.3 Å². The summed E-state index contributed by atoms with van der Waals surface area (Å²) in [4.78, 5) is 15.9. The number of benzene rings is 1. The van der Waals surface area contributed by atoms with Gasteiger partial charge in [-0.05, 0) is 30.2 Å². The van der Waals surface area contributed by atoms with E-state index < -0.39 is 0 Å². The Kier molecular flexibility index (Phi) is 4.48. The van der Waals surface area contributed by atoms with Gasteiger partial charge in [0.2, 0.25) is 0 Å². The van der Waals surface area contributed by atoms with Crippen LogP contribution in [0, 0.1) is 0 Å². The Morgan fingerprint density at radius 2 is 1.95 bits per heavy atom. The quantitative estimate of drug-likeness (QED) is 0.810. The molecule has 1 saturated heterocycles. The first kappa shape index (κ1) is 14.4. The molecule has 3 rings (SSSR count). The molecule has 0 radical (unpaired) electrons. The lowest BCUT2D eigenvalue weighted by atomic mass is 10.1. The Hall–Kier alpha value is -1.49. The largest absolute Gasteiger partial charge is 0.379 e. The van der Waals surface area contributed by atoms with Crippen LogP contribution in [0.1, 0.15) is 22.2 Å². The number of carbonyl (C=O) groups excluding carboxylic acids is 1. The van der Waals surface area contributed by atoms with Crippen LogP contribution in [0.15, 0.2) is 36.4 Å². The third kappa shape index (κ3) is 3.40. The van der Waals surface area contributed by atoms with E-state index in [2.05, 4.69) is 35.2 Å². The molecule has 0 spiro atoms. The molecule has 1 aromatic carbocycles. The first-order valence-corrected chi connectivity index (χ1v) is 8.05. The number of ether oxygens (including phenoxy) is 1. The molecule has 0 amide bonds. The van der Waals surface area contributed by atoms with Crippen molar-refractivity contribution in [1.29, 1.82) is 0 Å². The maximum atomic E-state index is 11.5. The van der Waals surface area contributed by atoms with Crippen molar-refractivity contribution in [3.8, 4) is 10.4 Å². The van der Waals surface area contributed by atoms with Crippen LogP contribution in [0.25, 0.3) is 10.4 Å². The van der Waals surface area contributed by atoms with E-state index in [9.17, 15) is 4.79 Å². The zero-order valence-corrected chi connectivity index (χ0v) is 13.0. The van der Waals surface area contributed by atoms with Gasteiger partial charge >= 0.3 is 0 Å². The molecule has 1 aliphatic rings. The second-order valence-electron chi connectivity index (χ2n) is 5.27. The van der Waals surface area contributed by atoms with Gasteiger partial charge in [0.25, 0.3) is 0 Å². The van der Waals surface area contributed by atoms with Crippen LogP contribution >= 0.6 is 11.3 Å². The zero-order chi connectivity index (χ0) is 14.7. The van der Waals surface area contributed by atoms with Crippen molar-refractivity contribution in [2.24, 2.45) is 0 Å². The summed E-state index contributed by atoms with van der Waals surface area (Å²) in [6.45, 7) is 6.16. The summed E-state index contributed by atoms with van der Waals surface area (Å²) in [7, 11) is 0. The van der Waals surface area contributed by atoms with Gasteiger partial charge in [-0.2, -0.15) is 0 Å². The van der Waals surface area contributed by atoms with E-state index in [-0.39, 0.29) is 5.78 Å². The molecule has 4 heteroatoms. The molecule has 0 aliphatic carbocycles. The molecule has 1 aromatic heterocycles. The van der Waals surface area contributed by atoms with Crippen LogP contribution in [0.2, 0.25) is 0 Å². The number of hydrogen-bond donors (Lipinski definition) is 0. The summed E-state index contributed by atoms with van der Waals surface area (Å²) in [5.74, 6) is 0.136. The van der Waals surface area contributed by atoms with Crippen molar-refractivity contribution < 1.29 is 9.53 Å². The first-order valence-electron chi connectivity index (χ1n) is 7.23. The van der Waals surface area contributed by atoms with Gasteiger partial charge in [-0.25, -0.2) is 0 Å². The fraction of sp³-hybridized carbons (Fsp3) is 0.353. The maximum Gasteiger partial charge on any atom is 0.169 e. The van der Waals surface area contributed by atoms with Gasteiger partial charge in [-0.3, -0.25) is 9.69 Å². The van der Waals surface area contributed by atoms with Gasteiger partial charge in [0.1, 0.15) is 0 Å². The number of thiophene rings is 1. The van der Waals surface area contributed by atoms with E-state index in [0.29, 0.717) is 0 Å². The molecule has 2 heterocycles. The van der Waals surface area contributed by atoms with E-state index in [1.165, 1.54) is 16.0 Å². The Morgan fingerprint density at radius 3 is 2.67 bits per heavy atom. The van der Waals surface area contributed by atoms with Crippen LogP contribution in [-0.4, -0.2) is 37.0 Å². The highest BCUT2D eigenvalue weighted by Gasteiger charge is 2.14. The number of ketones is 1. The average Bonchev–Trinajstić information content (AvgIpc) is 2.99. The van der Waals surface area contributed by atoms with Crippen molar-refractivity contribution in [2.45, 2.75) is 13.5 Å². The van der Waals surface area contributed by atoms with Crippen LogP contribution in [-0.2, 0) is 11.3 Å². The van der Waals surface area contributed by atoms with Crippen molar-refractivity contribution in [3.63, 3.8) is 0 Å². The molecule has 0 atom stereocenters. The van der Waals surface area contributed by atoms with Crippen molar-refractivity contribution in [2.75, 3.05) is 26.3 Å². The van der Waals surface area contributed by atoms with E-state index >= 15 is 0 Å². The fourth-order valence-electron chi connectivity index (χ4n) is 2.57. The second-order valence-corrected chi connectivity index (χ2v) is 6.35. The number of rotatable bonds is 4. The number of nitrogens with zero attached hydrogens (tertiary/aromatic N) is 1. The minimum absolute atomic E-state index is 0.136. The van der Waals surface area contributed by atoms with Crippen molar-refractivity contribution >= 4 is 17.1 Å². The number of morpholine rings is 1. The van der Waals surface area contributed by atoms with Crippen LogP contribution in [0.3, 0.4) is 0 Å². The van der Waals surface area contributed by atoms with Gasteiger partial charge in [0.15, 0.2) is 5.78 Å². The standard InChI is InChI=1S/C17H19NO2S/c1-13(19)16-6-7-17(21-16)15-5-3-2-4-14(15)12-18-8-10-20-11-9-18/h2-7H,8-12H2,1H3. The lowest BCUT2D eigenvalue weighted by molar-refractivity contribution is 0.0342. The van der Waals surface area contributed by atoms with Crippen molar-refractivity contribution in [3.05, 3.63) is 46.8 Å². The highest BCUT2D eigenvalue weighted by atomic mass is 32.1. The van der Waals surface area contributed by atoms with E-state index in [0.717, 1.165) is 37.7 Å². The third-order valence-corrected chi connectivity index (χ3v) is 4.95. The minimum atomic E-state index is 0.136. The fourth-order valence-corrected chi connectivity index (χ4v) is 3.53. The molecule has 0 unspecified atom stereocenters. The lowest BCUT2D eigenvalue weighted by Gasteiger charge is -2.27. The van der Waals surface area contributed by atoms with Crippen molar-refractivity contribution in [1.82, 2.24) is 4.90 Å². The molecular formula is C17H19NO2S. The lowest BCUT2D eigenvalue weighted by Crippen LogP contribution is -2.35. The molecule has 110 valence electrons. The molecule has 0 N–H and O–H groups in total. The van der Waals surface area contributed by atoms with Crippen LogP contribution < -0.4 is 0 Å². The summed E-state index contributed by atoms with van der Waals surface area (Å²) in [6.07, 6.45) is 0. The Labute approximate surface area is 129 Å². The molecule has 0 saturated carbocycles. The molecule has 1 aliphatic heterocycles. The smallest absolute Gasteiger partial charge is 0.169 e. The van der Waals surface area contributed by atoms with Crippen LogP contribution in [0.5, 0.6) is 0 Å². The Morgan fingerprint density at radius 1 is 1.19 bits per heavy atom. The Balaban J connectivity index is 1.85. The molecule has 1 fully saturated rings. The molecule has 3 nitrogen and oxygen atoms in total. The monoisotopic (exact) mass is 301 g/mol. The predicted molar refractivity (Wildman–Crippen MR) is 85.9 cm³/mol. The van der Waals surface area contributed by atoms with Gasteiger partial charge in [-0.15, -0.1) is 11.3 Å². The van der Waals surface area contributed by atoms with Gasteiger partial charge < -0.3 is 4.74 Å². The normalized spacial score (nSPS) is 16.0. The third-order valence-electron chi connectivity index (χ3n) is 3.73. The van der Waals surface area contributed by atoms with E-state index in [1.807, 2.05) is 6.07 Å². The number of Topliss-reactive ketones (excluding diaryl/α,β-unsaturated/α-hetero) is 1. The molecule has 0 bridgehead atoms. The molecule has 2 aromatic rings.